The molecule has 21 heavy (non-hydrogen) atoms. The molecule has 1 N–H and O–H groups in total. The predicted molar refractivity (Wildman–Crippen MR) is 83.4 cm³/mol. The van der Waals surface area contributed by atoms with Gasteiger partial charge in [0, 0.05) is 45.2 Å². The van der Waals surface area contributed by atoms with Gasteiger partial charge in [0.2, 0.25) is 5.91 Å². The van der Waals surface area contributed by atoms with Gasteiger partial charge in [0.1, 0.15) is 0 Å². The van der Waals surface area contributed by atoms with E-state index in [1.165, 1.54) is 0 Å². The molecule has 1 heterocycles. The molecule has 0 saturated carbocycles. The van der Waals surface area contributed by atoms with Crippen LogP contribution >= 0.6 is 0 Å². The summed E-state index contributed by atoms with van der Waals surface area (Å²) in [6.07, 6.45) is 0. The average molecular weight is 301 g/mol. The summed E-state index contributed by atoms with van der Waals surface area (Å²) in [6, 6.07) is 0. The number of likely N-dealkylation sites (N-methyl/N-ethyl adjacent to an activating group) is 1. The summed E-state index contributed by atoms with van der Waals surface area (Å²) < 4.78 is 11.0. The van der Waals surface area contributed by atoms with Gasteiger partial charge in [-0.1, -0.05) is 13.8 Å². The number of piperazine rings is 1. The fourth-order valence-electron chi connectivity index (χ4n) is 2.04. The van der Waals surface area contributed by atoms with E-state index in [4.69, 9.17) is 9.47 Å². The summed E-state index contributed by atoms with van der Waals surface area (Å²) in [4.78, 5) is 16.1. The number of amides is 1. The van der Waals surface area contributed by atoms with Crippen LogP contribution in [-0.2, 0) is 14.3 Å². The topological polar surface area (TPSA) is 54.0 Å². The highest BCUT2D eigenvalue weighted by molar-refractivity contribution is 5.77. The lowest BCUT2D eigenvalue weighted by Gasteiger charge is -2.32. The summed E-state index contributed by atoms with van der Waals surface area (Å²) in [6.45, 7) is 12.4. The van der Waals surface area contributed by atoms with Gasteiger partial charge in [-0.05, 0) is 7.05 Å². The zero-order valence-electron chi connectivity index (χ0n) is 13.8. The second-order valence-electron chi connectivity index (χ2n) is 5.82. The normalized spacial score (nSPS) is 17.3. The van der Waals surface area contributed by atoms with Gasteiger partial charge in [-0.2, -0.15) is 0 Å². The van der Waals surface area contributed by atoms with Crippen molar-refractivity contribution in [2.24, 2.45) is 5.92 Å². The molecule has 6 nitrogen and oxygen atoms in total. The van der Waals surface area contributed by atoms with E-state index in [-0.39, 0.29) is 11.8 Å². The van der Waals surface area contributed by atoms with E-state index in [0.29, 0.717) is 26.4 Å². The second kappa shape index (κ2) is 11.0. The molecule has 124 valence electrons. The number of nitrogens with zero attached hydrogens (tertiary/aromatic N) is 2. The zero-order valence-corrected chi connectivity index (χ0v) is 13.8. The average Bonchev–Trinajstić information content (AvgIpc) is 2.47. The van der Waals surface area contributed by atoms with Crippen LogP contribution in [-0.4, -0.2) is 88.5 Å². The molecule has 0 aromatic rings. The molecular weight excluding hydrogens is 270 g/mol. The van der Waals surface area contributed by atoms with Gasteiger partial charge in [-0.15, -0.1) is 0 Å². The van der Waals surface area contributed by atoms with Crippen LogP contribution in [0.1, 0.15) is 13.8 Å². The quantitative estimate of drug-likeness (QED) is 0.577. The number of carbonyl (C=O) groups is 1. The lowest BCUT2D eigenvalue weighted by atomic mass is 10.2. The number of rotatable bonds is 10. The summed E-state index contributed by atoms with van der Waals surface area (Å²) in [7, 11) is 2.16. The Morgan fingerprint density at radius 2 is 1.67 bits per heavy atom. The minimum absolute atomic E-state index is 0.0305. The number of hydrogen-bond acceptors (Lipinski definition) is 5. The van der Waals surface area contributed by atoms with E-state index in [1.807, 2.05) is 13.8 Å². The molecule has 1 rings (SSSR count). The molecule has 1 fully saturated rings. The van der Waals surface area contributed by atoms with Crippen molar-refractivity contribution in [2.75, 3.05) is 72.7 Å². The van der Waals surface area contributed by atoms with E-state index in [1.54, 1.807) is 0 Å². The second-order valence-corrected chi connectivity index (χ2v) is 5.82. The third kappa shape index (κ3) is 9.03. The van der Waals surface area contributed by atoms with Crippen molar-refractivity contribution in [1.29, 1.82) is 0 Å². The van der Waals surface area contributed by atoms with E-state index in [0.717, 1.165) is 39.3 Å². The molecule has 0 aliphatic carbocycles. The van der Waals surface area contributed by atoms with Crippen molar-refractivity contribution in [2.45, 2.75) is 13.8 Å². The van der Waals surface area contributed by atoms with Gasteiger partial charge in [-0.25, -0.2) is 0 Å². The maximum Gasteiger partial charge on any atom is 0.222 e. The molecule has 1 aliphatic heterocycles. The Morgan fingerprint density at radius 3 is 2.29 bits per heavy atom. The van der Waals surface area contributed by atoms with Crippen LogP contribution in [0.5, 0.6) is 0 Å². The lowest BCUT2D eigenvalue weighted by molar-refractivity contribution is -0.124. The Labute approximate surface area is 128 Å². The molecule has 6 heteroatoms. The standard InChI is InChI=1S/C15H31N3O3/c1-14(2)15(19)16-4-10-20-12-13-21-11-9-18-7-5-17(3)6-8-18/h14H,4-13H2,1-3H3,(H,16,19). The molecule has 0 radical (unpaired) electrons. The highest BCUT2D eigenvalue weighted by Crippen LogP contribution is 1.98. The third-order valence-electron chi connectivity index (χ3n) is 3.59. The molecule has 0 bridgehead atoms. The summed E-state index contributed by atoms with van der Waals surface area (Å²) in [5.41, 5.74) is 0. The monoisotopic (exact) mass is 301 g/mol. The maximum atomic E-state index is 11.3. The molecule has 0 aromatic heterocycles. The van der Waals surface area contributed by atoms with E-state index >= 15 is 0 Å². The summed E-state index contributed by atoms with van der Waals surface area (Å²) in [5.74, 6) is 0.102. The minimum Gasteiger partial charge on any atom is -0.378 e. The van der Waals surface area contributed by atoms with E-state index in [9.17, 15) is 4.79 Å². The number of nitrogens with one attached hydrogen (secondary N) is 1. The molecule has 0 atom stereocenters. The first-order valence-corrected chi connectivity index (χ1v) is 7.93. The Balaban J connectivity index is 1.81. The van der Waals surface area contributed by atoms with Crippen LogP contribution in [0.3, 0.4) is 0 Å². The molecule has 1 aliphatic rings. The smallest absolute Gasteiger partial charge is 0.222 e. The SMILES string of the molecule is CC(C)C(=O)NCCOCCOCCN1CCN(C)CC1. The maximum absolute atomic E-state index is 11.3. The van der Waals surface area contributed by atoms with Crippen LogP contribution in [0.4, 0.5) is 0 Å². The van der Waals surface area contributed by atoms with Crippen molar-refractivity contribution >= 4 is 5.91 Å². The van der Waals surface area contributed by atoms with Crippen LogP contribution in [0.15, 0.2) is 0 Å². The van der Waals surface area contributed by atoms with Gasteiger partial charge >= 0.3 is 0 Å². The predicted octanol–water partition coefficient (Wildman–Crippen LogP) is 0.0392. The zero-order chi connectivity index (χ0) is 15.5. The van der Waals surface area contributed by atoms with Crippen LogP contribution < -0.4 is 5.32 Å². The van der Waals surface area contributed by atoms with Crippen molar-refractivity contribution < 1.29 is 14.3 Å². The van der Waals surface area contributed by atoms with Gasteiger partial charge in [-0.3, -0.25) is 9.69 Å². The highest BCUT2D eigenvalue weighted by Gasteiger charge is 2.12. The lowest BCUT2D eigenvalue weighted by Crippen LogP contribution is -2.45. The molecule has 1 saturated heterocycles. The largest absolute Gasteiger partial charge is 0.378 e. The van der Waals surface area contributed by atoms with Crippen molar-refractivity contribution in [3.8, 4) is 0 Å². The van der Waals surface area contributed by atoms with Gasteiger partial charge in [0.15, 0.2) is 0 Å². The first-order valence-electron chi connectivity index (χ1n) is 7.93. The molecule has 0 unspecified atom stereocenters. The van der Waals surface area contributed by atoms with Crippen LogP contribution in [0.25, 0.3) is 0 Å². The van der Waals surface area contributed by atoms with Crippen LogP contribution in [0, 0.1) is 5.92 Å². The van der Waals surface area contributed by atoms with Crippen molar-refractivity contribution in [1.82, 2.24) is 15.1 Å². The molecular formula is C15H31N3O3. The summed E-state index contributed by atoms with van der Waals surface area (Å²) in [5, 5.41) is 2.82. The molecule has 0 spiro atoms. The first-order chi connectivity index (χ1) is 10.1. The Bertz CT molecular complexity index is 279. The van der Waals surface area contributed by atoms with E-state index < -0.39 is 0 Å². The Hall–Kier alpha value is -0.690. The van der Waals surface area contributed by atoms with Gasteiger partial charge in [0.25, 0.3) is 0 Å². The Morgan fingerprint density at radius 1 is 1.05 bits per heavy atom. The van der Waals surface area contributed by atoms with Crippen molar-refractivity contribution in [3.63, 3.8) is 0 Å². The molecule has 0 aromatic carbocycles. The number of ether oxygens (including phenoxy) is 2. The van der Waals surface area contributed by atoms with Crippen LogP contribution in [0.2, 0.25) is 0 Å². The third-order valence-corrected chi connectivity index (χ3v) is 3.59. The highest BCUT2D eigenvalue weighted by atomic mass is 16.5. The fourth-order valence-corrected chi connectivity index (χ4v) is 2.04. The van der Waals surface area contributed by atoms with Gasteiger partial charge in [0.05, 0.1) is 26.4 Å². The van der Waals surface area contributed by atoms with E-state index in [2.05, 4.69) is 22.2 Å². The summed E-state index contributed by atoms with van der Waals surface area (Å²) >= 11 is 0. The minimum atomic E-state index is 0.0305. The number of carbonyl (C=O) groups excluding carboxylic acids is 1. The van der Waals surface area contributed by atoms with Gasteiger partial charge < -0.3 is 19.7 Å². The Kier molecular flexibility index (Phi) is 9.58. The first kappa shape index (κ1) is 18.4. The fraction of sp³-hybridized carbons (Fsp3) is 0.933. The molecule has 1 amide bonds. The van der Waals surface area contributed by atoms with Crippen molar-refractivity contribution in [3.05, 3.63) is 0 Å². The number of hydrogen-bond donors (Lipinski definition) is 1.